The van der Waals surface area contributed by atoms with Crippen LogP contribution in [-0.4, -0.2) is 26.7 Å². The molecule has 2 aromatic rings. The fraction of sp³-hybridized carbons (Fsp3) is 0.429. The Labute approximate surface area is 119 Å². The van der Waals surface area contributed by atoms with Crippen molar-refractivity contribution in [2.75, 3.05) is 17.2 Å². The summed E-state index contributed by atoms with van der Waals surface area (Å²) in [5, 5.41) is 14.5. The van der Waals surface area contributed by atoms with Gasteiger partial charge >= 0.3 is 0 Å². The Kier molecular flexibility index (Phi) is 5.23. The Morgan fingerprint density at radius 2 is 1.90 bits per heavy atom. The van der Waals surface area contributed by atoms with E-state index in [1.807, 2.05) is 12.1 Å². The number of hydrogen-bond donors (Lipinski definition) is 2. The third-order valence-electron chi connectivity index (χ3n) is 2.91. The van der Waals surface area contributed by atoms with Crippen LogP contribution in [0, 0.1) is 0 Å². The number of hydrogen-bond acceptors (Lipinski definition) is 6. The van der Waals surface area contributed by atoms with Gasteiger partial charge in [0.15, 0.2) is 0 Å². The number of nitrogens with zero attached hydrogens (tertiary/aromatic N) is 4. The summed E-state index contributed by atoms with van der Waals surface area (Å²) in [5.74, 6) is 1.76. The summed E-state index contributed by atoms with van der Waals surface area (Å²) in [5.41, 5.74) is 1.99. The van der Waals surface area contributed by atoms with E-state index in [9.17, 15) is 0 Å². The average molecular weight is 272 g/mol. The van der Waals surface area contributed by atoms with E-state index in [1.165, 1.54) is 0 Å². The minimum Gasteiger partial charge on any atom is -0.370 e. The van der Waals surface area contributed by atoms with Crippen LogP contribution in [0.5, 0.6) is 0 Å². The molecule has 0 atom stereocenters. The number of nitrogens with one attached hydrogen (secondary N) is 2. The molecule has 6 nitrogen and oxygen atoms in total. The zero-order valence-electron chi connectivity index (χ0n) is 11.9. The normalized spacial score (nSPS) is 10.3. The van der Waals surface area contributed by atoms with Crippen molar-refractivity contribution in [2.45, 2.75) is 33.2 Å². The molecule has 0 amide bonds. The molecule has 2 N–H and O–H groups in total. The van der Waals surface area contributed by atoms with Crippen molar-refractivity contribution in [1.82, 2.24) is 20.2 Å². The highest BCUT2D eigenvalue weighted by Crippen LogP contribution is 2.20. The predicted octanol–water partition coefficient (Wildman–Crippen LogP) is 2.26. The summed E-state index contributed by atoms with van der Waals surface area (Å²) in [7, 11) is 0. The van der Waals surface area contributed by atoms with Gasteiger partial charge in [0, 0.05) is 18.3 Å². The summed E-state index contributed by atoms with van der Waals surface area (Å²) in [6, 6.07) is 3.81. The van der Waals surface area contributed by atoms with Crippen LogP contribution in [0.1, 0.15) is 31.5 Å². The zero-order valence-corrected chi connectivity index (χ0v) is 11.9. The lowest BCUT2D eigenvalue weighted by atomic mass is 10.2. The van der Waals surface area contributed by atoms with Gasteiger partial charge in [-0.3, -0.25) is 0 Å². The fourth-order valence-electron chi connectivity index (χ4n) is 1.90. The van der Waals surface area contributed by atoms with Crippen LogP contribution in [-0.2, 0) is 13.0 Å². The van der Waals surface area contributed by atoms with E-state index in [0.717, 1.165) is 42.3 Å². The standard InChI is InChI=1S/C14H20N6/c1-3-7-15-13-12(4-2)14(18-10-17-13)16-9-11-6-5-8-19-20-11/h5-6,8,10H,3-4,7,9H2,1-2H3,(H2,15,16,17,18). The van der Waals surface area contributed by atoms with Crippen molar-refractivity contribution in [3.63, 3.8) is 0 Å². The Balaban J connectivity index is 2.10. The molecule has 0 fully saturated rings. The highest BCUT2D eigenvalue weighted by Gasteiger charge is 2.09. The topological polar surface area (TPSA) is 75.6 Å². The first-order valence-corrected chi connectivity index (χ1v) is 6.93. The van der Waals surface area contributed by atoms with E-state index in [-0.39, 0.29) is 0 Å². The monoisotopic (exact) mass is 272 g/mol. The van der Waals surface area contributed by atoms with E-state index in [4.69, 9.17) is 0 Å². The van der Waals surface area contributed by atoms with Crippen LogP contribution in [0.3, 0.4) is 0 Å². The zero-order chi connectivity index (χ0) is 14.2. The minimum absolute atomic E-state index is 0.602. The smallest absolute Gasteiger partial charge is 0.135 e. The van der Waals surface area contributed by atoms with Crippen LogP contribution >= 0.6 is 0 Å². The molecule has 0 bridgehead atoms. The van der Waals surface area contributed by atoms with Crippen molar-refractivity contribution < 1.29 is 0 Å². The fourth-order valence-corrected chi connectivity index (χ4v) is 1.90. The van der Waals surface area contributed by atoms with E-state index in [0.29, 0.717) is 6.54 Å². The van der Waals surface area contributed by atoms with E-state index >= 15 is 0 Å². The van der Waals surface area contributed by atoms with Gasteiger partial charge in [-0.1, -0.05) is 13.8 Å². The van der Waals surface area contributed by atoms with E-state index in [2.05, 4.69) is 44.6 Å². The summed E-state index contributed by atoms with van der Waals surface area (Å²) < 4.78 is 0. The lowest BCUT2D eigenvalue weighted by Gasteiger charge is -2.13. The molecule has 2 heterocycles. The Bertz CT molecular complexity index is 528. The van der Waals surface area contributed by atoms with Crippen molar-refractivity contribution >= 4 is 11.6 Å². The molecule has 0 aliphatic heterocycles. The predicted molar refractivity (Wildman–Crippen MR) is 79.5 cm³/mol. The first-order chi connectivity index (χ1) is 9.85. The molecule has 0 aromatic carbocycles. The summed E-state index contributed by atoms with van der Waals surface area (Å²) in [6.07, 6.45) is 5.18. The maximum atomic E-state index is 4.32. The van der Waals surface area contributed by atoms with Crippen LogP contribution in [0.15, 0.2) is 24.7 Å². The SMILES string of the molecule is CCCNc1ncnc(NCc2cccnn2)c1CC. The Morgan fingerprint density at radius 3 is 2.55 bits per heavy atom. The van der Waals surface area contributed by atoms with Crippen molar-refractivity contribution in [3.05, 3.63) is 35.9 Å². The quantitative estimate of drug-likeness (QED) is 0.805. The molecule has 0 saturated carbocycles. The van der Waals surface area contributed by atoms with Gasteiger partial charge in [-0.2, -0.15) is 10.2 Å². The first kappa shape index (κ1) is 14.2. The van der Waals surface area contributed by atoms with Crippen molar-refractivity contribution in [1.29, 1.82) is 0 Å². The van der Waals surface area contributed by atoms with E-state index < -0.39 is 0 Å². The summed E-state index contributed by atoms with van der Waals surface area (Å²) in [6.45, 7) is 5.75. The van der Waals surface area contributed by atoms with Crippen LogP contribution < -0.4 is 10.6 Å². The maximum Gasteiger partial charge on any atom is 0.135 e. The van der Waals surface area contributed by atoms with Gasteiger partial charge < -0.3 is 10.6 Å². The van der Waals surface area contributed by atoms with Gasteiger partial charge in [-0.25, -0.2) is 9.97 Å². The van der Waals surface area contributed by atoms with Crippen LogP contribution in [0.25, 0.3) is 0 Å². The van der Waals surface area contributed by atoms with Gasteiger partial charge in [-0.15, -0.1) is 0 Å². The molecule has 0 radical (unpaired) electrons. The molecule has 6 heteroatoms. The van der Waals surface area contributed by atoms with Crippen LogP contribution in [0.2, 0.25) is 0 Å². The lowest BCUT2D eigenvalue weighted by molar-refractivity contribution is 0.909. The molecule has 0 aliphatic rings. The van der Waals surface area contributed by atoms with E-state index in [1.54, 1.807) is 12.5 Å². The van der Waals surface area contributed by atoms with Gasteiger partial charge in [-0.05, 0) is 25.0 Å². The molecular formula is C14H20N6. The van der Waals surface area contributed by atoms with Crippen LogP contribution in [0.4, 0.5) is 11.6 Å². The molecule has 106 valence electrons. The molecule has 2 aromatic heterocycles. The van der Waals surface area contributed by atoms with Gasteiger partial charge in [0.25, 0.3) is 0 Å². The third-order valence-corrected chi connectivity index (χ3v) is 2.91. The second-order valence-electron chi connectivity index (χ2n) is 4.40. The molecular weight excluding hydrogens is 252 g/mol. The van der Waals surface area contributed by atoms with Gasteiger partial charge in [0.1, 0.15) is 18.0 Å². The average Bonchev–Trinajstić information content (AvgIpc) is 2.51. The van der Waals surface area contributed by atoms with Crippen molar-refractivity contribution in [3.8, 4) is 0 Å². The molecule has 0 saturated heterocycles. The van der Waals surface area contributed by atoms with Gasteiger partial charge in [0.05, 0.1) is 12.2 Å². The summed E-state index contributed by atoms with van der Waals surface area (Å²) in [4.78, 5) is 8.64. The highest BCUT2D eigenvalue weighted by molar-refractivity contribution is 5.57. The molecule has 0 spiro atoms. The Morgan fingerprint density at radius 1 is 1.10 bits per heavy atom. The number of aromatic nitrogens is 4. The Hall–Kier alpha value is -2.24. The summed E-state index contributed by atoms with van der Waals surface area (Å²) >= 11 is 0. The lowest BCUT2D eigenvalue weighted by Crippen LogP contribution is -2.11. The third kappa shape index (κ3) is 3.63. The second kappa shape index (κ2) is 7.37. The minimum atomic E-state index is 0.602. The maximum absolute atomic E-state index is 4.32. The largest absolute Gasteiger partial charge is 0.370 e. The number of anilines is 2. The molecule has 0 unspecified atom stereocenters. The van der Waals surface area contributed by atoms with Gasteiger partial charge in [0.2, 0.25) is 0 Å². The van der Waals surface area contributed by atoms with Crippen molar-refractivity contribution in [2.24, 2.45) is 0 Å². The molecule has 2 rings (SSSR count). The molecule has 0 aliphatic carbocycles. The highest BCUT2D eigenvalue weighted by atomic mass is 15.1. The second-order valence-corrected chi connectivity index (χ2v) is 4.40. The molecule has 20 heavy (non-hydrogen) atoms. The number of rotatable bonds is 7. The first-order valence-electron chi connectivity index (χ1n) is 6.93.